The first-order chi connectivity index (χ1) is 16.9. The van der Waals surface area contributed by atoms with Gasteiger partial charge in [-0.3, -0.25) is 20.4 Å². The molecule has 0 spiro atoms. The monoisotopic (exact) mass is 499 g/mol. The zero-order chi connectivity index (χ0) is 24.7. The van der Waals surface area contributed by atoms with Crippen molar-refractivity contribution >= 4 is 21.8 Å². The summed E-state index contributed by atoms with van der Waals surface area (Å²) >= 11 is 0. The molecule has 0 bridgehead atoms. The van der Waals surface area contributed by atoms with Gasteiger partial charge in [-0.15, -0.1) is 0 Å². The van der Waals surface area contributed by atoms with Gasteiger partial charge in [0.1, 0.15) is 18.1 Å². The SMILES string of the molecule is O=C(NNC(=O)c1ccc(COc2ccccc2)o1)c1cccc(S(=O)(=O)NCC2CCCO2)c1. The maximum Gasteiger partial charge on any atom is 0.305 e. The molecule has 4 rings (SSSR count). The summed E-state index contributed by atoms with van der Waals surface area (Å²) in [6.45, 7) is 0.913. The Hall–Kier alpha value is -3.67. The first kappa shape index (κ1) is 24.5. The Balaban J connectivity index is 1.29. The lowest BCUT2D eigenvalue weighted by Gasteiger charge is -2.12. The van der Waals surface area contributed by atoms with Crippen LogP contribution in [-0.4, -0.2) is 39.5 Å². The quantitative estimate of drug-likeness (QED) is 0.385. The van der Waals surface area contributed by atoms with Crippen molar-refractivity contribution in [3.63, 3.8) is 0 Å². The van der Waals surface area contributed by atoms with Gasteiger partial charge in [0.05, 0.1) is 11.0 Å². The largest absolute Gasteiger partial charge is 0.486 e. The minimum absolute atomic E-state index is 0.0216. The van der Waals surface area contributed by atoms with Crippen LogP contribution in [0.1, 0.15) is 39.5 Å². The lowest BCUT2D eigenvalue weighted by Crippen LogP contribution is -2.41. The highest BCUT2D eigenvalue weighted by Gasteiger charge is 2.21. The van der Waals surface area contributed by atoms with Gasteiger partial charge in [0.2, 0.25) is 10.0 Å². The van der Waals surface area contributed by atoms with Crippen molar-refractivity contribution in [2.75, 3.05) is 13.2 Å². The van der Waals surface area contributed by atoms with E-state index >= 15 is 0 Å². The third-order valence-electron chi connectivity index (χ3n) is 5.23. The summed E-state index contributed by atoms with van der Waals surface area (Å²) in [5.41, 5.74) is 4.56. The van der Waals surface area contributed by atoms with Crippen LogP contribution in [0.3, 0.4) is 0 Å². The van der Waals surface area contributed by atoms with Crippen molar-refractivity contribution in [2.24, 2.45) is 0 Å². The first-order valence-electron chi connectivity index (χ1n) is 11.0. The Kier molecular flexibility index (Phi) is 7.80. The molecule has 1 aliphatic heterocycles. The zero-order valence-corrected chi connectivity index (χ0v) is 19.5. The van der Waals surface area contributed by atoms with Crippen molar-refractivity contribution in [3.05, 3.63) is 83.8 Å². The number of hydrazine groups is 1. The third kappa shape index (κ3) is 6.69. The minimum Gasteiger partial charge on any atom is -0.486 e. The van der Waals surface area contributed by atoms with Crippen LogP contribution in [0.4, 0.5) is 0 Å². The molecule has 0 aliphatic carbocycles. The normalized spacial score (nSPS) is 15.5. The molecular formula is C24H25N3O7S. The highest BCUT2D eigenvalue weighted by molar-refractivity contribution is 7.89. The molecule has 3 aromatic rings. The number of furan rings is 1. The molecule has 0 radical (unpaired) electrons. The van der Waals surface area contributed by atoms with Crippen LogP contribution < -0.4 is 20.3 Å². The lowest BCUT2D eigenvalue weighted by molar-refractivity contribution is 0.0828. The van der Waals surface area contributed by atoms with Crippen LogP contribution in [0.25, 0.3) is 0 Å². The van der Waals surface area contributed by atoms with E-state index in [0.29, 0.717) is 18.1 Å². The van der Waals surface area contributed by atoms with Crippen LogP contribution in [-0.2, 0) is 21.4 Å². The number of carbonyl (C=O) groups is 2. The van der Waals surface area contributed by atoms with E-state index in [-0.39, 0.29) is 35.5 Å². The molecule has 1 saturated heterocycles. The topological polar surface area (TPSA) is 136 Å². The molecular weight excluding hydrogens is 474 g/mol. The first-order valence-corrected chi connectivity index (χ1v) is 12.5. The van der Waals surface area contributed by atoms with Gasteiger partial charge >= 0.3 is 5.91 Å². The molecule has 1 atom stereocenters. The van der Waals surface area contributed by atoms with Gasteiger partial charge in [0.15, 0.2) is 5.76 Å². The van der Waals surface area contributed by atoms with Crippen LogP contribution >= 0.6 is 0 Å². The molecule has 0 saturated carbocycles. The van der Waals surface area contributed by atoms with Crippen LogP contribution in [0.15, 0.2) is 76.0 Å². The van der Waals surface area contributed by atoms with Gasteiger partial charge in [-0.2, -0.15) is 0 Å². The van der Waals surface area contributed by atoms with E-state index in [4.69, 9.17) is 13.9 Å². The predicted octanol–water partition coefficient (Wildman–Crippen LogP) is 2.39. The van der Waals surface area contributed by atoms with Crippen LogP contribution in [0, 0.1) is 0 Å². The van der Waals surface area contributed by atoms with Crippen LogP contribution in [0.5, 0.6) is 5.75 Å². The Morgan fingerprint density at radius 3 is 2.54 bits per heavy atom. The van der Waals surface area contributed by atoms with E-state index in [1.54, 1.807) is 18.2 Å². The third-order valence-corrected chi connectivity index (χ3v) is 6.65. The molecule has 2 heterocycles. The van der Waals surface area contributed by atoms with Gasteiger partial charge in [0.25, 0.3) is 5.91 Å². The maximum atomic E-state index is 12.6. The summed E-state index contributed by atoms with van der Waals surface area (Å²) in [7, 11) is -3.83. The van der Waals surface area contributed by atoms with Crippen molar-refractivity contribution in [2.45, 2.75) is 30.4 Å². The second-order valence-corrected chi connectivity index (χ2v) is 9.56. The highest BCUT2D eigenvalue weighted by Crippen LogP contribution is 2.16. The van der Waals surface area contributed by atoms with Crippen molar-refractivity contribution in [1.82, 2.24) is 15.6 Å². The van der Waals surface area contributed by atoms with E-state index < -0.39 is 21.8 Å². The Bertz CT molecular complexity index is 1270. The average molecular weight is 500 g/mol. The van der Waals surface area contributed by atoms with E-state index in [2.05, 4.69) is 15.6 Å². The summed E-state index contributed by atoms with van der Waals surface area (Å²) in [6, 6.07) is 17.7. The number of rotatable bonds is 9. The number of hydrogen-bond donors (Lipinski definition) is 3. The van der Waals surface area contributed by atoms with Gasteiger partial charge in [-0.05, 0) is 55.3 Å². The number of para-hydroxylation sites is 1. The number of benzene rings is 2. The minimum atomic E-state index is -3.83. The highest BCUT2D eigenvalue weighted by atomic mass is 32.2. The molecule has 10 nitrogen and oxygen atoms in total. The number of sulfonamides is 1. The predicted molar refractivity (Wildman–Crippen MR) is 125 cm³/mol. The smallest absolute Gasteiger partial charge is 0.305 e. The number of carbonyl (C=O) groups excluding carboxylic acids is 2. The molecule has 1 fully saturated rings. The molecule has 1 aliphatic rings. The fourth-order valence-electron chi connectivity index (χ4n) is 3.39. The Labute approximate surface area is 202 Å². The van der Waals surface area contributed by atoms with E-state index in [1.807, 2.05) is 18.2 Å². The number of nitrogens with one attached hydrogen (secondary N) is 3. The lowest BCUT2D eigenvalue weighted by atomic mass is 10.2. The second kappa shape index (κ2) is 11.2. The Morgan fingerprint density at radius 1 is 0.971 bits per heavy atom. The number of amides is 2. The molecule has 35 heavy (non-hydrogen) atoms. The van der Waals surface area contributed by atoms with Crippen molar-refractivity contribution < 1.29 is 31.9 Å². The fraction of sp³-hybridized carbons (Fsp3) is 0.250. The summed E-state index contributed by atoms with van der Waals surface area (Å²) in [5, 5.41) is 0. The average Bonchev–Trinajstić information content (AvgIpc) is 3.58. The summed E-state index contributed by atoms with van der Waals surface area (Å²) in [6.07, 6.45) is 1.54. The molecule has 3 N–H and O–H groups in total. The molecule has 1 aromatic heterocycles. The zero-order valence-electron chi connectivity index (χ0n) is 18.7. The van der Waals surface area contributed by atoms with Gasteiger partial charge in [-0.25, -0.2) is 13.1 Å². The van der Waals surface area contributed by atoms with Gasteiger partial charge < -0.3 is 13.9 Å². The molecule has 11 heteroatoms. The van der Waals surface area contributed by atoms with Gasteiger partial charge in [-0.1, -0.05) is 24.3 Å². The number of hydrogen-bond acceptors (Lipinski definition) is 7. The molecule has 184 valence electrons. The number of ether oxygens (including phenoxy) is 2. The fourth-order valence-corrected chi connectivity index (χ4v) is 4.50. The molecule has 2 aromatic carbocycles. The van der Waals surface area contributed by atoms with Gasteiger partial charge in [0, 0.05) is 18.7 Å². The summed E-state index contributed by atoms with van der Waals surface area (Å²) < 4.78 is 44.1. The van der Waals surface area contributed by atoms with Crippen molar-refractivity contribution in [3.8, 4) is 5.75 Å². The van der Waals surface area contributed by atoms with E-state index in [0.717, 1.165) is 12.8 Å². The molecule has 1 unspecified atom stereocenters. The van der Waals surface area contributed by atoms with E-state index in [1.165, 1.54) is 30.3 Å². The van der Waals surface area contributed by atoms with E-state index in [9.17, 15) is 18.0 Å². The summed E-state index contributed by atoms with van der Waals surface area (Å²) in [5.74, 6) is -0.293. The maximum absolute atomic E-state index is 12.6. The van der Waals surface area contributed by atoms with Crippen LogP contribution in [0.2, 0.25) is 0 Å². The second-order valence-electron chi connectivity index (χ2n) is 7.79. The molecule has 2 amide bonds. The Morgan fingerprint density at radius 2 is 1.77 bits per heavy atom. The van der Waals surface area contributed by atoms with Crippen molar-refractivity contribution in [1.29, 1.82) is 0 Å². The standard InChI is InChI=1S/C24H25N3O7S/c28-23(17-6-4-10-21(14-17)35(30,31)25-15-19-9-5-13-32-19)26-27-24(29)22-12-11-20(34-22)16-33-18-7-2-1-3-8-18/h1-4,6-8,10-12,14,19,25H,5,9,13,15-16H2,(H,26,28)(H,27,29). The summed E-state index contributed by atoms with van der Waals surface area (Å²) in [4.78, 5) is 24.7.